The van der Waals surface area contributed by atoms with Gasteiger partial charge in [0.25, 0.3) is 0 Å². The molecule has 10 heteroatoms. The van der Waals surface area contributed by atoms with Crippen LogP contribution in [-0.2, 0) is 28.6 Å². The molecule has 0 radical (unpaired) electrons. The van der Waals surface area contributed by atoms with E-state index >= 15 is 0 Å². The topological polar surface area (TPSA) is 78.9 Å². The molecule has 0 aromatic rings. The van der Waals surface area contributed by atoms with Crippen LogP contribution in [0.15, 0.2) is 0 Å². The number of carbonyl (C=O) groups is 3. The van der Waals surface area contributed by atoms with Crippen molar-refractivity contribution in [2.24, 2.45) is 23.2 Å². The van der Waals surface area contributed by atoms with Gasteiger partial charge in [0.15, 0.2) is 0 Å². The predicted molar refractivity (Wildman–Crippen MR) is 95.5 cm³/mol. The van der Waals surface area contributed by atoms with Crippen LogP contribution in [0.2, 0.25) is 0 Å². The number of halogens is 4. The van der Waals surface area contributed by atoms with E-state index < -0.39 is 60.9 Å². The SMILES string of the molecule is CCC(C)(C)C(=O)OCCOC(=O)C(F)(F)CC(F)(F)OC(=O)C1CC2CCC1C2. The highest BCUT2D eigenvalue weighted by atomic mass is 19.3. The van der Waals surface area contributed by atoms with Crippen molar-refractivity contribution >= 4 is 17.9 Å². The quantitative estimate of drug-likeness (QED) is 0.220. The van der Waals surface area contributed by atoms with Crippen molar-refractivity contribution < 1.29 is 46.2 Å². The Labute approximate surface area is 172 Å². The zero-order chi connectivity index (χ0) is 22.7. The smallest absolute Gasteiger partial charge is 0.406 e. The molecule has 6 nitrogen and oxygen atoms in total. The van der Waals surface area contributed by atoms with E-state index in [4.69, 9.17) is 4.74 Å². The van der Waals surface area contributed by atoms with Crippen molar-refractivity contribution in [3.63, 3.8) is 0 Å². The molecule has 30 heavy (non-hydrogen) atoms. The van der Waals surface area contributed by atoms with E-state index in [0.29, 0.717) is 12.8 Å². The lowest BCUT2D eigenvalue weighted by Gasteiger charge is -2.25. The molecule has 0 saturated heterocycles. The summed E-state index contributed by atoms with van der Waals surface area (Å²) in [4.78, 5) is 35.2. The van der Waals surface area contributed by atoms with Crippen molar-refractivity contribution in [2.75, 3.05) is 13.2 Å². The summed E-state index contributed by atoms with van der Waals surface area (Å²) in [6, 6.07) is 0. The monoisotopic (exact) mass is 440 g/mol. The lowest BCUT2D eigenvalue weighted by Crippen LogP contribution is -2.41. The van der Waals surface area contributed by atoms with Gasteiger partial charge in [-0.2, -0.15) is 17.6 Å². The highest BCUT2D eigenvalue weighted by Gasteiger charge is 2.54. The molecule has 3 atom stereocenters. The molecule has 0 aromatic heterocycles. The maximum atomic E-state index is 13.9. The Morgan fingerprint density at radius 3 is 2.03 bits per heavy atom. The highest BCUT2D eigenvalue weighted by Crippen LogP contribution is 2.49. The largest absolute Gasteiger partial charge is 0.462 e. The third kappa shape index (κ3) is 6.07. The van der Waals surface area contributed by atoms with Crippen LogP contribution in [0.25, 0.3) is 0 Å². The summed E-state index contributed by atoms with van der Waals surface area (Å²) in [5, 5.41) is 0. The number of ether oxygens (including phenoxy) is 3. The molecule has 0 aromatic carbocycles. The first-order chi connectivity index (χ1) is 13.8. The van der Waals surface area contributed by atoms with Crippen molar-refractivity contribution in [3.8, 4) is 0 Å². The highest BCUT2D eigenvalue weighted by molar-refractivity contribution is 5.78. The molecule has 2 fully saturated rings. The van der Waals surface area contributed by atoms with Crippen LogP contribution in [0, 0.1) is 23.2 Å². The van der Waals surface area contributed by atoms with Gasteiger partial charge in [0.1, 0.15) is 19.6 Å². The number of hydrogen-bond acceptors (Lipinski definition) is 6. The number of rotatable bonds is 10. The molecule has 0 aliphatic heterocycles. The molecule has 0 heterocycles. The maximum Gasteiger partial charge on any atom is 0.406 e. The first kappa shape index (κ1) is 24.4. The van der Waals surface area contributed by atoms with E-state index in [-0.39, 0.29) is 11.8 Å². The van der Waals surface area contributed by atoms with E-state index in [9.17, 15) is 31.9 Å². The minimum Gasteiger partial charge on any atom is -0.462 e. The molecule has 3 unspecified atom stereocenters. The van der Waals surface area contributed by atoms with E-state index in [0.717, 1.165) is 19.3 Å². The van der Waals surface area contributed by atoms with Crippen molar-refractivity contribution in [3.05, 3.63) is 0 Å². The fourth-order valence-electron chi connectivity index (χ4n) is 3.84. The normalized spacial score (nSPS) is 23.9. The van der Waals surface area contributed by atoms with E-state index in [1.54, 1.807) is 20.8 Å². The van der Waals surface area contributed by atoms with Gasteiger partial charge in [-0.05, 0) is 51.4 Å². The lowest BCUT2D eigenvalue weighted by molar-refractivity contribution is -0.263. The van der Waals surface area contributed by atoms with Gasteiger partial charge in [-0.25, -0.2) is 4.79 Å². The maximum absolute atomic E-state index is 13.9. The van der Waals surface area contributed by atoms with Gasteiger partial charge in [-0.1, -0.05) is 13.3 Å². The van der Waals surface area contributed by atoms with Crippen LogP contribution in [0.4, 0.5) is 17.6 Å². The Hall–Kier alpha value is -1.87. The average molecular weight is 440 g/mol. The van der Waals surface area contributed by atoms with Crippen molar-refractivity contribution in [1.29, 1.82) is 0 Å². The second kappa shape index (κ2) is 9.09. The summed E-state index contributed by atoms with van der Waals surface area (Å²) in [6.07, 6.45) is -3.51. The molecule has 2 aliphatic rings. The molecule has 0 spiro atoms. The zero-order valence-electron chi connectivity index (χ0n) is 17.4. The van der Waals surface area contributed by atoms with E-state index in [1.807, 2.05) is 0 Å². The number of esters is 3. The minimum absolute atomic E-state index is 0.0517. The number of hydrogen-bond donors (Lipinski definition) is 0. The third-order valence-electron chi connectivity index (χ3n) is 6.00. The summed E-state index contributed by atoms with van der Waals surface area (Å²) in [5.74, 6) is -9.07. The van der Waals surface area contributed by atoms with Gasteiger partial charge in [0, 0.05) is 0 Å². The van der Waals surface area contributed by atoms with Crippen molar-refractivity contribution in [1.82, 2.24) is 0 Å². The molecule has 172 valence electrons. The van der Waals surface area contributed by atoms with Gasteiger partial charge in [-0.3, -0.25) is 9.59 Å². The molecule has 0 N–H and O–H groups in total. The van der Waals surface area contributed by atoms with Crippen LogP contribution in [0.3, 0.4) is 0 Å². The Kier molecular flexibility index (Phi) is 7.40. The first-order valence-corrected chi connectivity index (χ1v) is 10.1. The Balaban J connectivity index is 1.78. The van der Waals surface area contributed by atoms with Crippen LogP contribution in [-0.4, -0.2) is 43.2 Å². The standard InChI is InChI=1S/C20H28F4O6/c1-4-18(2,3)16(26)28-7-8-29-17(27)19(21,22)11-20(23,24)30-15(25)14-10-12-5-6-13(14)9-12/h12-14H,4-11H2,1-3H3. The second-order valence-corrected chi connectivity index (χ2v) is 8.73. The fourth-order valence-corrected chi connectivity index (χ4v) is 3.84. The van der Waals surface area contributed by atoms with Gasteiger partial charge in [-0.15, -0.1) is 0 Å². The van der Waals surface area contributed by atoms with E-state index in [2.05, 4.69) is 9.47 Å². The van der Waals surface area contributed by atoms with Crippen LogP contribution in [0.5, 0.6) is 0 Å². The Morgan fingerprint density at radius 2 is 1.53 bits per heavy atom. The predicted octanol–water partition coefficient (Wildman–Crippen LogP) is 4.11. The first-order valence-electron chi connectivity index (χ1n) is 10.1. The van der Waals surface area contributed by atoms with Crippen LogP contribution < -0.4 is 0 Å². The van der Waals surface area contributed by atoms with E-state index in [1.165, 1.54) is 0 Å². The van der Waals surface area contributed by atoms with Crippen LogP contribution in [0.1, 0.15) is 59.3 Å². The summed E-state index contributed by atoms with van der Waals surface area (Å²) in [6.45, 7) is 3.80. The van der Waals surface area contributed by atoms with Gasteiger partial charge in [0.2, 0.25) is 0 Å². The lowest BCUT2D eigenvalue weighted by atomic mass is 9.89. The Bertz CT molecular complexity index is 664. The third-order valence-corrected chi connectivity index (χ3v) is 6.00. The molecule has 2 bridgehead atoms. The molecule has 2 rings (SSSR count). The second-order valence-electron chi connectivity index (χ2n) is 8.73. The summed E-state index contributed by atoms with van der Waals surface area (Å²) in [7, 11) is 0. The average Bonchev–Trinajstić information content (AvgIpc) is 3.26. The van der Waals surface area contributed by atoms with Gasteiger partial charge in [0.05, 0.1) is 11.3 Å². The molecular weight excluding hydrogens is 412 g/mol. The van der Waals surface area contributed by atoms with Gasteiger partial charge < -0.3 is 14.2 Å². The number of fused-ring (bicyclic) bond motifs is 2. The molecule has 0 amide bonds. The van der Waals surface area contributed by atoms with Crippen LogP contribution >= 0.6 is 0 Å². The summed E-state index contributed by atoms with van der Waals surface area (Å²) < 4.78 is 68.6. The Morgan fingerprint density at radius 1 is 0.933 bits per heavy atom. The van der Waals surface area contributed by atoms with Crippen molar-refractivity contribution in [2.45, 2.75) is 71.3 Å². The molecule has 2 saturated carbocycles. The summed E-state index contributed by atoms with van der Waals surface area (Å²) in [5.41, 5.74) is -0.793. The van der Waals surface area contributed by atoms with Gasteiger partial charge >= 0.3 is 29.9 Å². The zero-order valence-corrected chi connectivity index (χ0v) is 17.4. The number of carbonyl (C=O) groups excluding carboxylic acids is 3. The minimum atomic E-state index is -4.58. The molecular formula is C20H28F4O6. The molecule has 2 aliphatic carbocycles. The number of alkyl halides is 4. The fraction of sp³-hybridized carbons (Fsp3) is 0.850. The summed E-state index contributed by atoms with van der Waals surface area (Å²) >= 11 is 0.